The van der Waals surface area contributed by atoms with Crippen molar-refractivity contribution < 1.29 is 16.8 Å². The number of hydrogen-bond donors (Lipinski definition) is 4. The molecule has 12 nitrogen and oxygen atoms in total. The topological polar surface area (TPSA) is 180 Å². The van der Waals surface area contributed by atoms with Crippen molar-refractivity contribution in [2.45, 2.75) is 22.3 Å². The Morgan fingerprint density at radius 3 is 2.53 bits per heavy atom. The molecule has 0 amide bonds. The van der Waals surface area contributed by atoms with Crippen LogP contribution >= 0.6 is 0 Å². The molecule has 32 heavy (non-hydrogen) atoms. The molecule has 2 aliphatic rings. The molecule has 0 unspecified atom stereocenters. The highest BCUT2D eigenvalue weighted by Gasteiger charge is 2.34. The maximum atomic E-state index is 13.2. The second-order valence-corrected chi connectivity index (χ2v) is 10.4. The smallest absolute Gasteiger partial charge is 0.242 e. The van der Waals surface area contributed by atoms with E-state index in [4.69, 9.17) is 5.14 Å². The molecule has 1 saturated heterocycles. The van der Waals surface area contributed by atoms with Crippen molar-refractivity contribution >= 4 is 31.7 Å². The van der Waals surface area contributed by atoms with Crippen LogP contribution in [0.3, 0.4) is 0 Å². The lowest BCUT2D eigenvalue weighted by atomic mass is 10.00. The minimum absolute atomic E-state index is 0.00124. The van der Waals surface area contributed by atoms with Gasteiger partial charge < -0.3 is 10.6 Å². The van der Waals surface area contributed by atoms with E-state index in [0.29, 0.717) is 36.5 Å². The van der Waals surface area contributed by atoms with Gasteiger partial charge in [0.25, 0.3) is 0 Å². The number of nitrogens with two attached hydrogens (primary N) is 1. The van der Waals surface area contributed by atoms with Crippen LogP contribution in [-0.4, -0.2) is 60.5 Å². The van der Waals surface area contributed by atoms with Crippen LogP contribution < -0.4 is 20.5 Å². The lowest BCUT2D eigenvalue weighted by Gasteiger charge is -2.18. The zero-order chi connectivity index (χ0) is 22.9. The van der Waals surface area contributed by atoms with Crippen LogP contribution in [0.1, 0.15) is 12.0 Å². The molecule has 14 heteroatoms. The molecule has 0 saturated carbocycles. The number of benzene rings is 1. The Bertz CT molecular complexity index is 1300. The van der Waals surface area contributed by atoms with E-state index in [1.165, 1.54) is 18.3 Å². The summed E-state index contributed by atoms with van der Waals surface area (Å²) in [6, 6.07) is 5.78. The number of aromatic nitrogens is 1. The summed E-state index contributed by atoms with van der Waals surface area (Å²) in [5, 5.41) is 19.2. The normalized spacial score (nSPS) is 18.7. The number of nitrogens with one attached hydrogen (secondary N) is 3. The summed E-state index contributed by atoms with van der Waals surface area (Å²) in [6.45, 7) is 1.10. The zero-order valence-electron chi connectivity index (χ0n) is 17.1. The second kappa shape index (κ2) is 8.63. The van der Waals surface area contributed by atoms with Gasteiger partial charge in [-0.25, -0.2) is 36.7 Å². The molecule has 4 rings (SSSR count). The summed E-state index contributed by atoms with van der Waals surface area (Å²) in [7, 11) is -7.02. The van der Waals surface area contributed by atoms with Gasteiger partial charge in [-0.1, -0.05) is 6.07 Å². The first-order valence-electron chi connectivity index (χ1n) is 9.70. The molecule has 0 bridgehead atoms. The van der Waals surface area contributed by atoms with E-state index in [1.807, 2.05) is 0 Å². The number of rotatable bonds is 7. The van der Waals surface area contributed by atoms with Gasteiger partial charge in [0, 0.05) is 31.4 Å². The highest BCUT2D eigenvalue weighted by atomic mass is 32.2. The van der Waals surface area contributed by atoms with E-state index in [2.05, 4.69) is 35.6 Å². The maximum Gasteiger partial charge on any atom is 0.242 e. The van der Waals surface area contributed by atoms with E-state index in [-0.39, 0.29) is 24.1 Å². The number of sulfonamides is 2. The predicted molar refractivity (Wildman–Crippen MR) is 118 cm³/mol. The van der Waals surface area contributed by atoms with Crippen LogP contribution in [0.15, 0.2) is 55.5 Å². The molecule has 2 aromatic rings. The van der Waals surface area contributed by atoms with Crippen LogP contribution in [0.5, 0.6) is 0 Å². The standard InChI is InChI=1S/C18H22N8O4S2/c1-20-15-5-2-11(8-22-15)13-3-4-14(32(29,30)26-12-6-7-21-9-12)17(31(19,27)28)16(13)18-23-10-24-25-18/h2-5,8,12,21,26H,6-7,9-10H2,1H3,(H,20,22)(H2,19,27,28)/t12-/m1/s1. The Morgan fingerprint density at radius 2 is 1.97 bits per heavy atom. The SMILES string of the molecule is CNc1ccc(-c2ccc(S(=O)(=O)N[C@@H]3CCNC3)c(S(N)(=O)=O)c2C2=NCN=N2)cn1. The fourth-order valence-corrected chi connectivity index (χ4v) is 6.49. The van der Waals surface area contributed by atoms with Gasteiger partial charge in [-0.05, 0) is 36.7 Å². The third-order valence-corrected chi connectivity index (χ3v) is 7.77. The number of anilines is 1. The molecule has 0 aliphatic carbocycles. The van der Waals surface area contributed by atoms with Crippen LogP contribution in [0, 0.1) is 0 Å². The van der Waals surface area contributed by atoms with Crippen LogP contribution in [-0.2, 0) is 20.0 Å². The van der Waals surface area contributed by atoms with Crippen LogP contribution in [0.4, 0.5) is 5.82 Å². The molecular weight excluding hydrogens is 456 g/mol. The molecule has 5 N–H and O–H groups in total. The van der Waals surface area contributed by atoms with E-state index >= 15 is 0 Å². The van der Waals surface area contributed by atoms with Gasteiger partial charge in [-0.3, -0.25) is 0 Å². The van der Waals surface area contributed by atoms with Gasteiger partial charge >= 0.3 is 0 Å². The molecule has 1 fully saturated rings. The van der Waals surface area contributed by atoms with Crippen molar-refractivity contribution in [3.05, 3.63) is 36.0 Å². The Balaban J connectivity index is 1.96. The lowest BCUT2D eigenvalue weighted by molar-refractivity contribution is 0.555. The maximum absolute atomic E-state index is 13.2. The van der Waals surface area contributed by atoms with Crippen LogP contribution in [0.2, 0.25) is 0 Å². The average Bonchev–Trinajstić information content (AvgIpc) is 3.46. The number of pyridine rings is 1. The molecule has 3 heterocycles. The number of amidine groups is 1. The Morgan fingerprint density at radius 1 is 1.16 bits per heavy atom. The van der Waals surface area contributed by atoms with E-state index in [0.717, 1.165) is 0 Å². The Hall–Kier alpha value is -2.78. The summed E-state index contributed by atoms with van der Waals surface area (Å²) < 4.78 is 54.4. The summed E-state index contributed by atoms with van der Waals surface area (Å²) >= 11 is 0. The first kappa shape index (κ1) is 22.4. The first-order chi connectivity index (χ1) is 15.2. The van der Waals surface area contributed by atoms with Crippen molar-refractivity contribution in [3.63, 3.8) is 0 Å². The summed E-state index contributed by atoms with van der Waals surface area (Å²) in [5.41, 5.74) is 0.871. The highest BCUT2D eigenvalue weighted by molar-refractivity contribution is 7.92. The molecular formula is C18H22N8O4S2. The van der Waals surface area contributed by atoms with E-state index < -0.39 is 29.8 Å². The van der Waals surface area contributed by atoms with Crippen LogP contribution in [0.25, 0.3) is 11.1 Å². The minimum Gasteiger partial charge on any atom is -0.373 e. The van der Waals surface area contributed by atoms with Crippen molar-refractivity contribution in [3.8, 4) is 11.1 Å². The number of azo groups is 1. The molecule has 1 atom stereocenters. The van der Waals surface area contributed by atoms with Gasteiger partial charge in [0.1, 0.15) is 15.6 Å². The fraction of sp³-hybridized carbons (Fsp3) is 0.333. The summed E-state index contributed by atoms with van der Waals surface area (Å²) in [4.78, 5) is 7.34. The second-order valence-electron chi connectivity index (χ2n) is 7.22. The third kappa shape index (κ3) is 4.40. The Labute approximate surface area is 185 Å². The lowest BCUT2D eigenvalue weighted by Crippen LogP contribution is -2.37. The Kier molecular flexibility index (Phi) is 6.05. The van der Waals surface area contributed by atoms with Crippen molar-refractivity contribution in [1.82, 2.24) is 15.0 Å². The van der Waals surface area contributed by atoms with E-state index in [1.54, 1.807) is 19.2 Å². The highest BCUT2D eigenvalue weighted by Crippen LogP contribution is 2.35. The quantitative estimate of drug-likeness (QED) is 0.440. The molecule has 0 radical (unpaired) electrons. The molecule has 2 aliphatic heterocycles. The molecule has 170 valence electrons. The predicted octanol–water partition coefficient (Wildman–Crippen LogP) is 0.248. The minimum atomic E-state index is -4.51. The summed E-state index contributed by atoms with van der Waals surface area (Å²) in [6.07, 6.45) is 2.11. The first-order valence-corrected chi connectivity index (χ1v) is 12.7. The van der Waals surface area contributed by atoms with Crippen molar-refractivity contribution in [2.24, 2.45) is 20.4 Å². The fourth-order valence-electron chi connectivity index (χ4n) is 3.62. The van der Waals surface area contributed by atoms with Gasteiger partial charge in [0.05, 0.1) is 5.56 Å². The number of nitrogens with zero attached hydrogens (tertiary/aromatic N) is 4. The van der Waals surface area contributed by atoms with Gasteiger partial charge in [-0.2, -0.15) is 5.11 Å². The monoisotopic (exact) mass is 478 g/mol. The van der Waals surface area contributed by atoms with Gasteiger partial charge in [-0.15, -0.1) is 5.11 Å². The average molecular weight is 479 g/mol. The number of primary sulfonamides is 1. The zero-order valence-corrected chi connectivity index (χ0v) is 18.7. The molecule has 1 aromatic heterocycles. The third-order valence-electron chi connectivity index (χ3n) is 5.08. The van der Waals surface area contributed by atoms with E-state index in [9.17, 15) is 16.8 Å². The van der Waals surface area contributed by atoms with Crippen molar-refractivity contribution in [1.29, 1.82) is 0 Å². The summed E-state index contributed by atoms with van der Waals surface area (Å²) in [5.74, 6) is 0.592. The van der Waals surface area contributed by atoms with Gasteiger partial charge in [0.2, 0.25) is 20.0 Å². The number of aliphatic imine (C=N–C) groups is 1. The van der Waals surface area contributed by atoms with Crippen molar-refractivity contribution in [2.75, 3.05) is 32.1 Å². The van der Waals surface area contributed by atoms with Gasteiger partial charge in [0.15, 0.2) is 12.5 Å². The number of hydrogen-bond acceptors (Lipinski definition) is 10. The largest absolute Gasteiger partial charge is 0.373 e. The molecule has 0 spiro atoms. The molecule has 1 aromatic carbocycles.